The molecular formula is C18H16S3Sn. The van der Waals surface area contributed by atoms with E-state index in [2.05, 4.69) is 12.6 Å². The van der Waals surface area contributed by atoms with Crippen molar-refractivity contribution in [1.82, 2.24) is 0 Å². The largest absolute Gasteiger partial charge is 2.00 e. The molecule has 0 aromatic heterocycles. The summed E-state index contributed by atoms with van der Waals surface area (Å²) in [5.41, 5.74) is 0. The second-order valence-corrected chi connectivity index (χ2v) is 5.42. The molecule has 3 rings (SSSR count). The van der Waals surface area contributed by atoms with Gasteiger partial charge in [-0.05, 0) is 12.1 Å². The van der Waals surface area contributed by atoms with Gasteiger partial charge in [0.2, 0.25) is 0 Å². The van der Waals surface area contributed by atoms with Gasteiger partial charge in [-0.3, -0.25) is 0 Å². The van der Waals surface area contributed by atoms with E-state index in [0.717, 1.165) is 14.7 Å². The molecule has 4 heteroatoms. The van der Waals surface area contributed by atoms with Crippen LogP contribution < -0.4 is 0 Å². The van der Waals surface area contributed by atoms with Gasteiger partial charge in [-0.1, -0.05) is 78.9 Å². The number of rotatable bonds is 0. The molecule has 2 radical (unpaired) electrons. The van der Waals surface area contributed by atoms with E-state index in [4.69, 9.17) is 25.3 Å². The van der Waals surface area contributed by atoms with Gasteiger partial charge < -0.3 is 25.3 Å². The zero-order chi connectivity index (χ0) is 15.3. The maximum absolute atomic E-state index is 4.81. The van der Waals surface area contributed by atoms with E-state index in [1.165, 1.54) is 0 Å². The molecule has 110 valence electrons. The first-order valence-electron chi connectivity index (χ1n) is 6.36. The molecule has 0 saturated carbocycles. The molecule has 0 unspecified atom stereocenters. The van der Waals surface area contributed by atoms with Gasteiger partial charge in [-0.25, -0.2) is 0 Å². The molecule has 0 amide bonds. The second-order valence-electron chi connectivity index (χ2n) is 3.96. The number of hydrogen-bond acceptors (Lipinski definition) is 3. The van der Waals surface area contributed by atoms with Gasteiger partial charge in [0.05, 0.1) is 0 Å². The van der Waals surface area contributed by atoms with Gasteiger partial charge in [0.15, 0.2) is 0 Å². The molecule has 0 N–H and O–H groups in total. The van der Waals surface area contributed by atoms with Crippen LogP contribution in [0.2, 0.25) is 0 Å². The van der Waals surface area contributed by atoms with E-state index in [-0.39, 0.29) is 23.9 Å². The van der Waals surface area contributed by atoms with Crippen molar-refractivity contribution in [2.75, 3.05) is 0 Å². The minimum Gasteiger partial charge on any atom is -0.780 e. The summed E-state index contributed by atoms with van der Waals surface area (Å²) in [5, 5.41) is 0. The molecular weight excluding hydrogens is 431 g/mol. The molecule has 0 fully saturated rings. The van der Waals surface area contributed by atoms with E-state index in [1.807, 2.05) is 91.0 Å². The first kappa shape index (κ1) is 21.2. The molecule has 22 heavy (non-hydrogen) atoms. The third-order valence-corrected chi connectivity index (χ3v) is 3.09. The van der Waals surface area contributed by atoms with Crippen molar-refractivity contribution in [2.45, 2.75) is 14.7 Å². The Labute approximate surface area is 166 Å². The van der Waals surface area contributed by atoms with E-state index in [1.54, 1.807) is 0 Å². The third-order valence-electron chi connectivity index (χ3n) is 2.24. The van der Waals surface area contributed by atoms with Crippen LogP contribution in [-0.2, 0) is 25.3 Å². The minimum atomic E-state index is 0. The Morgan fingerprint density at radius 2 is 0.773 bits per heavy atom. The molecule has 0 atom stereocenters. The minimum absolute atomic E-state index is 0. The summed E-state index contributed by atoms with van der Waals surface area (Å²) in [5.74, 6) is 0. The Balaban J connectivity index is 0.000000294. The fourth-order valence-electron chi connectivity index (χ4n) is 1.27. The van der Waals surface area contributed by atoms with E-state index in [0.29, 0.717) is 0 Å². The van der Waals surface area contributed by atoms with E-state index >= 15 is 0 Å². The molecule has 0 heterocycles. The number of thiol groups is 1. The maximum atomic E-state index is 4.81. The van der Waals surface area contributed by atoms with Crippen LogP contribution in [0.15, 0.2) is 106 Å². The van der Waals surface area contributed by atoms with Crippen molar-refractivity contribution < 1.29 is 0 Å². The van der Waals surface area contributed by atoms with Gasteiger partial charge in [-0.15, -0.1) is 12.6 Å². The van der Waals surface area contributed by atoms with E-state index in [9.17, 15) is 0 Å². The Bertz CT molecular complexity index is 497. The van der Waals surface area contributed by atoms with Crippen molar-refractivity contribution in [3.8, 4) is 0 Å². The monoisotopic (exact) mass is 448 g/mol. The molecule has 0 nitrogen and oxygen atoms in total. The molecule has 3 aromatic carbocycles. The second kappa shape index (κ2) is 13.9. The first-order valence-corrected chi connectivity index (χ1v) is 7.63. The van der Waals surface area contributed by atoms with Crippen molar-refractivity contribution in [3.63, 3.8) is 0 Å². The Kier molecular flexibility index (Phi) is 13.4. The smallest absolute Gasteiger partial charge is 0.780 e. The summed E-state index contributed by atoms with van der Waals surface area (Å²) in [4.78, 5) is 2.83. The zero-order valence-electron chi connectivity index (χ0n) is 11.9. The van der Waals surface area contributed by atoms with Gasteiger partial charge >= 0.3 is 23.9 Å². The maximum Gasteiger partial charge on any atom is 2.00 e. The zero-order valence-corrected chi connectivity index (χ0v) is 17.3. The molecule has 0 aliphatic heterocycles. The standard InChI is InChI=1S/3C6H6S.Sn/c3*7-6-4-2-1-3-5-6;/h3*1-5,7H;/q;;;+2/p-2. The van der Waals surface area contributed by atoms with Crippen LogP contribution in [0.3, 0.4) is 0 Å². The molecule has 0 spiro atoms. The average molecular weight is 447 g/mol. The summed E-state index contributed by atoms with van der Waals surface area (Å²) >= 11 is 13.7. The van der Waals surface area contributed by atoms with E-state index < -0.39 is 0 Å². The topological polar surface area (TPSA) is 0 Å². The molecule has 0 bridgehead atoms. The number of benzene rings is 3. The summed E-state index contributed by atoms with van der Waals surface area (Å²) in [6.07, 6.45) is 0. The van der Waals surface area contributed by atoms with Crippen LogP contribution in [-0.4, -0.2) is 23.9 Å². The Hall–Kier alpha value is -0.751. The van der Waals surface area contributed by atoms with Crippen molar-refractivity contribution in [2.24, 2.45) is 0 Å². The third kappa shape index (κ3) is 11.9. The van der Waals surface area contributed by atoms with Crippen molar-refractivity contribution in [1.29, 1.82) is 0 Å². The predicted octanol–water partition coefficient (Wildman–Crippen LogP) is 4.78. The van der Waals surface area contributed by atoms with Gasteiger partial charge in [-0.2, -0.15) is 9.79 Å². The van der Waals surface area contributed by atoms with Crippen LogP contribution in [0.1, 0.15) is 0 Å². The quantitative estimate of drug-likeness (QED) is 0.300. The SMILES string of the molecule is Sc1ccccc1.[S-]c1ccccc1.[S-]c1ccccc1.[Sn+2]. The van der Waals surface area contributed by atoms with Crippen LogP contribution in [0, 0.1) is 0 Å². The number of hydrogen-bond donors (Lipinski definition) is 1. The van der Waals surface area contributed by atoms with Gasteiger partial charge in [0.25, 0.3) is 0 Å². The van der Waals surface area contributed by atoms with Crippen LogP contribution in [0.5, 0.6) is 0 Å². The predicted molar refractivity (Wildman–Crippen MR) is 104 cm³/mol. The molecule has 0 aliphatic rings. The average Bonchev–Trinajstić information content (AvgIpc) is 2.51. The fourth-order valence-corrected chi connectivity index (χ4v) is 1.76. The summed E-state index contributed by atoms with van der Waals surface area (Å²) in [7, 11) is 0. The van der Waals surface area contributed by atoms with Crippen LogP contribution in [0.25, 0.3) is 0 Å². The van der Waals surface area contributed by atoms with Crippen molar-refractivity contribution in [3.05, 3.63) is 91.0 Å². The van der Waals surface area contributed by atoms with Crippen LogP contribution >= 0.6 is 12.6 Å². The normalized spacial score (nSPS) is 8.23. The molecule has 3 aromatic rings. The Morgan fingerprint density at radius 3 is 0.909 bits per heavy atom. The van der Waals surface area contributed by atoms with Crippen molar-refractivity contribution >= 4 is 61.8 Å². The van der Waals surface area contributed by atoms with Gasteiger partial charge in [0.1, 0.15) is 0 Å². The molecule has 0 saturated heterocycles. The van der Waals surface area contributed by atoms with Crippen LogP contribution in [0.4, 0.5) is 0 Å². The summed E-state index contributed by atoms with van der Waals surface area (Å²) < 4.78 is 0. The summed E-state index contributed by atoms with van der Waals surface area (Å²) in [6, 6.07) is 29.0. The molecule has 0 aliphatic carbocycles. The fraction of sp³-hybridized carbons (Fsp3) is 0. The summed E-state index contributed by atoms with van der Waals surface area (Å²) in [6.45, 7) is 0. The Morgan fingerprint density at radius 1 is 0.500 bits per heavy atom. The first-order chi connectivity index (χ1) is 10.2. The van der Waals surface area contributed by atoms with Gasteiger partial charge in [0, 0.05) is 4.90 Å².